The first-order valence-corrected chi connectivity index (χ1v) is 8.98. The predicted octanol–water partition coefficient (Wildman–Crippen LogP) is 2.85. The Kier molecular flexibility index (Phi) is 4.37. The summed E-state index contributed by atoms with van der Waals surface area (Å²) in [6.45, 7) is 0.422. The number of nitrogens with zero attached hydrogens (tertiary/aromatic N) is 1. The highest BCUT2D eigenvalue weighted by Gasteiger charge is 2.36. The molecule has 134 valence electrons. The third-order valence-corrected chi connectivity index (χ3v) is 5.33. The lowest BCUT2D eigenvalue weighted by atomic mass is 10.1. The number of methoxy groups -OCH3 is 1. The van der Waals surface area contributed by atoms with E-state index in [2.05, 4.69) is 17.4 Å². The fourth-order valence-corrected chi connectivity index (χ4v) is 3.89. The van der Waals surface area contributed by atoms with Gasteiger partial charge in [0.25, 0.3) is 0 Å². The molecule has 2 amide bonds. The Bertz CT molecular complexity index is 831. The molecule has 1 heterocycles. The van der Waals surface area contributed by atoms with E-state index in [0.29, 0.717) is 6.54 Å². The van der Waals surface area contributed by atoms with E-state index in [1.807, 2.05) is 36.4 Å². The number of ether oxygens (including phenoxy) is 1. The van der Waals surface area contributed by atoms with Gasteiger partial charge in [-0.2, -0.15) is 0 Å². The maximum absolute atomic E-state index is 12.7. The van der Waals surface area contributed by atoms with E-state index in [1.54, 1.807) is 12.0 Å². The molecule has 0 bridgehead atoms. The summed E-state index contributed by atoms with van der Waals surface area (Å²) in [6, 6.07) is 15.6. The first-order chi connectivity index (χ1) is 12.7. The van der Waals surface area contributed by atoms with Crippen LogP contribution in [0.3, 0.4) is 0 Å². The number of hydrogen-bond donors (Lipinski definition) is 1. The second-order valence-electron chi connectivity index (χ2n) is 6.90. The van der Waals surface area contributed by atoms with Crippen molar-refractivity contribution in [1.29, 1.82) is 0 Å². The van der Waals surface area contributed by atoms with Crippen molar-refractivity contribution in [3.8, 4) is 5.75 Å². The minimum Gasteiger partial charge on any atom is -0.497 e. The lowest BCUT2D eigenvalue weighted by Crippen LogP contribution is -2.34. The molecule has 2 aliphatic rings. The Morgan fingerprint density at radius 3 is 2.69 bits per heavy atom. The van der Waals surface area contributed by atoms with E-state index in [0.717, 1.165) is 24.3 Å². The Morgan fingerprint density at radius 2 is 1.92 bits per heavy atom. The van der Waals surface area contributed by atoms with Crippen LogP contribution in [0.1, 0.15) is 30.0 Å². The summed E-state index contributed by atoms with van der Waals surface area (Å²) in [5, 5.41) is 3.15. The van der Waals surface area contributed by atoms with Gasteiger partial charge in [-0.1, -0.05) is 24.3 Å². The predicted molar refractivity (Wildman–Crippen MR) is 99.1 cm³/mol. The molecule has 0 radical (unpaired) electrons. The van der Waals surface area contributed by atoms with E-state index in [-0.39, 0.29) is 30.2 Å². The number of rotatable bonds is 4. The molecule has 1 saturated heterocycles. The maximum Gasteiger partial charge on any atom is 0.227 e. The van der Waals surface area contributed by atoms with Crippen LogP contribution >= 0.6 is 0 Å². The molecule has 1 aliphatic carbocycles. The normalized spacial score (nSPS) is 21.6. The van der Waals surface area contributed by atoms with E-state index in [4.69, 9.17) is 4.74 Å². The smallest absolute Gasteiger partial charge is 0.227 e. The van der Waals surface area contributed by atoms with Gasteiger partial charge in [-0.3, -0.25) is 9.59 Å². The Hall–Kier alpha value is -2.82. The molecule has 2 aromatic rings. The van der Waals surface area contributed by atoms with Crippen molar-refractivity contribution in [1.82, 2.24) is 5.32 Å². The molecular weight excluding hydrogens is 328 g/mol. The monoisotopic (exact) mass is 350 g/mol. The van der Waals surface area contributed by atoms with Crippen molar-refractivity contribution in [2.24, 2.45) is 5.92 Å². The van der Waals surface area contributed by atoms with Gasteiger partial charge in [-0.15, -0.1) is 0 Å². The minimum absolute atomic E-state index is 0.0119. The first kappa shape index (κ1) is 16.6. The van der Waals surface area contributed by atoms with Crippen molar-refractivity contribution in [2.75, 3.05) is 18.6 Å². The largest absolute Gasteiger partial charge is 0.497 e. The van der Waals surface area contributed by atoms with Crippen molar-refractivity contribution in [2.45, 2.75) is 25.3 Å². The number of aryl methyl sites for hydroxylation is 1. The zero-order valence-corrected chi connectivity index (χ0v) is 14.8. The Morgan fingerprint density at radius 1 is 1.15 bits per heavy atom. The number of benzene rings is 2. The summed E-state index contributed by atoms with van der Waals surface area (Å²) in [5.41, 5.74) is 3.31. The average molecular weight is 350 g/mol. The summed E-state index contributed by atoms with van der Waals surface area (Å²) in [5.74, 6) is 0.394. The molecule has 26 heavy (non-hydrogen) atoms. The topological polar surface area (TPSA) is 58.6 Å². The number of anilines is 1. The SMILES string of the molecule is COc1ccc(N2C[C@@H](C(=O)N[C@@H]3CCc4ccccc43)CC2=O)cc1. The van der Waals surface area contributed by atoms with Crippen LogP contribution in [0.25, 0.3) is 0 Å². The van der Waals surface area contributed by atoms with Crippen LogP contribution in [0.15, 0.2) is 48.5 Å². The van der Waals surface area contributed by atoms with E-state index in [9.17, 15) is 9.59 Å². The van der Waals surface area contributed by atoms with Crippen molar-refractivity contribution in [3.63, 3.8) is 0 Å². The average Bonchev–Trinajstić information content (AvgIpc) is 3.26. The second-order valence-corrected chi connectivity index (χ2v) is 6.90. The van der Waals surface area contributed by atoms with Crippen LogP contribution in [-0.2, 0) is 16.0 Å². The molecule has 1 aliphatic heterocycles. The fourth-order valence-electron chi connectivity index (χ4n) is 3.89. The van der Waals surface area contributed by atoms with E-state index < -0.39 is 0 Å². The second kappa shape index (κ2) is 6.83. The van der Waals surface area contributed by atoms with Gasteiger partial charge in [0.1, 0.15) is 5.75 Å². The number of nitrogens with one attached hydrogen (secondary N) is 1. The zero-order chi connectivity index (χ0) is 18.1. The van der Waals surface area contributed by atoms with Gasteiger partial charge in [0.15, 0.2) is 0 Å². The third kappa shape index (κ3) is 3.05. The molecule has 5 nitrogen and oxygen atoms in total. The first-order valence-electron chi connectivity index (χ1n) is 8.98. The van der Waals surface area contributed by atoms with Crippen molar-refractivity contribution >= 4 is 17.5 Å². The van der Waals surface area contributed by atoms with Gasteiger partial charge in [0.2, 0.25) is 11.8 Å². The molecule has 2 aromatic carbocycles. The molecule has 5 heteroatoms. The van der Waals surface area contributed by atoms with Gasteiger partial charge in [0.05, 0.1) is 19.1 Å². The summed E-state index contributed by atoms with van der Waals surface area (Å²) >= 11 is 0. The van der Waals surface area contributed by atoms with Gasteiger partial charge in [0, 0.05) is 18.7 Å². The van der Waals surface area contributed by atoms with E-state index in [1.165, 1.54) is 11.1 Å². The summed E-state index contributed by atoms with van der Waals surface area (Å²) < 4.78 is 5.15. The van der Waals surface area contributed by atoms with Gasteiger partial charge in [-0.05, 0) is 48.2 Å². The maximum atomic E-state index is 12.7. The molecule has 0 saturated carbocycles. The molecule has 2 atom stereocenters. The highest BCUT2D eigenvalue weighted by atomic mass is 16.5. The number of fused-ring (bicyclic) bond motifs is 1. The van der Waals surface area contributed by atoms with Crippen LogP contribution in [0.2, 0.25) is 0 Å². The molecule has 1 N–H and O–H groups in total. The molecule has 0 aromatic heterocycles. The highest BCUT2D eigenvalue weighted by molar-refractivity contribution is 6.00. The molecule has 0 spiro atoms. The standard InChI is InChI=1S/C21H22N2O3/c1-26-17-9-7-16(8-10-17)23-13-15(12-20(23)24)21(25)22-19-11-6-14-4-2-3-5-18(14)19/h2-5,7-10,15,19H,6,11-13H2,1H3,(H,22,25)/t15-,19+/m0/s1. The van der Waals surface area contributed by atoms with E-state index >= 15 is 0 Å². The lowest BCUT2D eigenvalue weighted by molar-refractivity contribution is -0.127. The van der Waals surface area contributed by atoms with Crippen LogP contribution in [0.5, 0.6) is 5.75 Å². The fraction of sp³-hybridized carbons (Fsp3) is 0.333. The quantitative estimate of drug-likeness (QED) is 0.922. The molecular formula is C21H22N2O3. The van der Waals surface area contributed by atoms with Crippen LogP contribution in [-0.4, -0.2) is 25.5 Å². The minimum atomic E-state index is -0.308. The third-order valence-electron chi connectivity index (χ3n) is 5.33. The van der Waals surface area contributed by atoms with Crippen LogP contribution in [0, 0.1) is 5.92 Å². The zero-order valence-electron chi connectivity index (χ0n) is 14.8. The van der Waals surface area contributed by atoms with Crippen LogP contribution in [0.4, 0.5) is 5.69 Å². The Labute approximate surface area is 153 Å². The number of amides is 2. The summed E-state index contributed by atoms with van der Waals surface area (Å²) in [4.78, 5) is 26.8. The summed E-state index contributed by atoms with van der Waals surface area (Å²) in [7, 11) is 1.61. The van der Waals surface area contributed by atoms with Crippen molar-refractivity contribution < 1.29 is 14.3 Å². The van der Waals surface area contributed by atoms with Gasteiger partial charge >= 0.3 is 0 Å². The molecule has 0 unspecified atom stereocenters. The van der Waals surface area contributed by atoms with Gasteiger partial charge in [-0.25, -0.2) is 0 Å². The Balaban J connectivity index is 1.42. The highest BCUT2D eigenvalue weighted by Crippen LogP contribution is 2.32. The number of carbonyl (C=O) groups excluding carboxylic acids is 2. The molecule has 1 fully saturated rings. The number of carbonyl (C=O) groups is 2. The van der Waals surface area contributed by atoms with Crippen molar-refractivity contribution in [3.05, 3.63) is 59.7 Å². The van der Waals surface area contributed by atoms with Gasteiger partial charge < -0.3 is 15.0 Å². The van der Waals surface area contributed by atoms with Crippen LogP contribution < -0.4 is 15.0 Å². The number of hydrogen-bond acceptors (Lipinski definition) is 3. The lowest BCUT2D eigenvalue weighted by Gasteiger charge is -2.19. The molecule has 4 rings (SSSR count). The summed E-state index contributed by atoms with van der Waals surface area (Å²) in [6.07, 6.45) is 2.17.